The first-order valence-corrected chi connectivity index (χ1v) is 6.30. The van der Waals surface area contributed by atoms with E-state index in [1.54, 1.807) is 0 Å². The number of nitrogens with one attached hydrogen (secondary N) is 1. The molecule has 0 aliphatic rings. The van der Waals surface area contributed by atoms with Crippen LogP contribution in [0.25, 0.3) is 0 Å². The van der Waals surface area contributed by atoms with Gasteiger partial charge >= 0.3 is 0 Å². The number of hydrazine groups is 1. The molecule has 0 saturated carbocycles. The maximum Gasteiger partial charge on any atom is 0.131 e. The predicted octanol–water partition coefficient (Wildman–Crippen LogP) is 2.15. The third kappa shape index (κ3) is 2.44. The number of rotatable bonds is 5. The Morgan fingerprint density at radius 3 is 2.83 bits per heavy atom. The summed E-state index contributed by atoms with van der Waals surface area (Å²) in [6, 6.07) is 8.18. The molecule has 1 atom stereocenters. The highest BCUT2D eigenvalue weighted by molar-refractivity contribution is 5.32. The van der Waals surface area contributed by atoms with E-state index in [1.165, 1.54) is 11.1 Å². The fourth-order valence-electron chi connectivity index (χ4n) is 2.23. The summed E-state index contributed by atoms with van der Waals surface area (Å²) in [5.74, 6) is 6.69. The van der Waals surface area contributed by atoms with Gasteiger partial charge in [0.05, 0.1) is 0 Å². The zero-order chi connectivity index (χ0) is 13.0. The molecular weight excluding hydrogens is 224 g/mol. The van der Waals surface area contributed by atoms with Crippen LogP contribution in [-0.2, 0) is 6.54 Å². The fraction of sp³-hybridized carbons (Fsp3) is 0.357. The molecule has 0 aliphatic heterocycles. The van der Waals surface area contributed by atoms with Gasteiger partial charge in [0.25, 0.3) is 0 Å². The zero-order valence-corrected chi connectivity index (χ0v) is 10.9. The fourth-order valence-corrected chi connectivity index (χ4v) is 2.23. The average Bonchev–Trinajstić information content (AvgIpc) is 2.82. The Kier molecular flexibility index (Phi) is 4.12. The first-order chi connectivity index (χ1) is 8.77. The van der Waals surface area contributed by atoms with Crippen LogP contribution in [0.2, 0.25) is 0 Å². The van der Waals surface area contributed by atoms with E-state index in [2.05, 4.69) is 41.0 Å². The molecule has 2 rings (SSSR count). The molecule has 18 heavy (non-hydrogen) atoms. The predicted molar refractivity (Wildman–Crippen MR) is 72.9 cm³/mol. The van der Waals surface area contributed by atoms with Gasteiger partial charge in [0, 0.05) is 18.9 Å². The second-order valence-corrected chi connectivity index (χ2v) is 4.44. The van der Waals surface area contributed by atoms with Gasteiger partial charge < -0.3 is 4.57 Å². The lowest BCUT2D eigenvalue weighted by molar-refractivity contribution is 0.544. The normalized spacial score (nSPS) is 12.6. The second-order valence-electron chi connectivity index (χ2n) is 4.44. The van der Waals surface area contributed by atoms with E-state index in [0.29, 0.717) is 0 Å². The van der Waals surface area contributed by atoms with Crippen LogP contribution in [0.4, 0.5) is 0 Å². The molecule has 0 fully saturated rings. The third-order valence-electron chi connectivity index (χ3n) is 3.14. The molecule has 1 unspecified atom stereocenters. The van der Waals surface area contributed by atoms with Crippen molar-refractivity contribution in [1.29, 1.82) is 0 Å². The standard InChI is InChI=1S/C14H20N4/c1-3-9-18-10-8-16-14(18)13(17-15)12-7-5-4-6-11(12)2/h4-8,10,13,17H,3,9,15H2,1-2H3. The highest BCUT2D eigenvalue weighted by atomic mass is 15.3. The molecule has 4 nitrogen and oxygen atoms in total. The minimum Gasteiger partial charge on any atom is -0.333 e. The lowest BCUT2D eigenvalue weighted by atomic mass is 10.0. The molecule has 4 heteroatoms. The van der Waals surface area contributed by atoms with Gasteiger partial charge in [-0.15, -0.1) is 0 Å². The first-order valence-electron chi connectivity index (χ1n) is 6.30. The van der Waals surface area contributed by atoms with Gasteiger partial charge in [0.2, 0.25) is 0 Å². The van der Waals surface area contributed by atoms with Crippen molar-refractivity contribution in [3.05, 3.63) is 53.6 Å². The minimum absolute atomic E-state index is 0.0623. The van der Waals surface area contributed by atoms with Gasteiger partial charge in [-0.25, -0.2) is 10.4 Å². The Labute approximate surface area is 108 Å². The Hall–Kier alpha value is -1.65. The molecule has 0 bridgehead atoms. The van der Waals surface area contributed by atoms with Crippen LogP contribution in [0.5, 0.6) is 0 Å². The molecule has 2 aromatic rings. The SMILES string of the molecule is CCCn1ccnc1C(NN)c1ccccc1C. The Morgan fingerprint density at radius 2 is 2.17 bits per heavy atom. The van der Waals surface area contributed by atoms with Crippen LogP contribution in [0.1, 0.15) is 36.3 Å². The number of imidazole rings is 1. The largest absolute Gasteiger partial charge is 0.333 e. The van der Waals surface area contributed by atoms with Crippen molar-refractivity contribution in [3.63, 3.8) is 0 Å². The summed E-state index contributed by atoms with van der Waals surface area (Å²) < 4.78 is 2.15. The summed E-state index contributed by atoms with van der Waals surface area (Å²) in [6.45, 7) is 5.20. The molecule has 0 aliphatic carbocycles. The van der Waals surface area contributed by atoms with Crippen LogP contribution in [-0.4, -0.2) is 9.55 Å². The highest BCUT2D eigenvalue weighted by Gasteiger charge is 2.18. The lowest BCUT2D eigenvalue weighted by Gasteiger charge is -2.19. The number of hydrogen-bond donors (Lipinski definition) is 2. The van der Waals surface area contributed by atoms with E-state index in [4.69, 9.17) is 5.84 Å². The zero-order valence-electron chi connectivity index (χ0n) is 10.9. The maximum absolute atomic E-state index is 5.73. The van der Waals surface area contributed by atoms with Gasteiger partial charge in [0.1, 0.15) is 11.9 Å². The van der Waals surface area contributed by atoms with Crippen LogP contribution < -0.4 is 11.3 Å². The summed E-state index contributed by atoms with van der Waals surface area (Å²) in [6.07, 6.45) is 4.91. The number of hydrogen-bond acceptors (Lipinski definition) is 3. The topological polar surface area (TPSA) is 55.9 Å². The van der Waals surface area contributed by atoms with Crippen molar-refractivity contribution in [1.82, 2.24) is 15.0 Å². The molecule has 1 aromatic carbocycles. The number of nitrogens with zero attached hydrogens (tertiary/aromatic N) is 2. The Morgan fingerprint density at radius 1 is 1.39 bits per heavy atom. The number of nitrogens with two attached hydrogens (primary N) is 1. The molecule has 1 heterocycles. The van der Waals surface area contributed by atoms with Crippen molar-refractivity contribution >= 4 is 0 Å². The summed E-state index contributed by atoms with van der Waals surface area (Å²) in [5.41, 5.74) is 5.26. The summed E-state index contributed by atoms with van der Waals surface area (Å²) in [5, 5.41) is 0. The van der Waals surface area contributed by atoms with E-state index in [1.807, 2.05) is 24.5 Å². The van der Waals surface area contributed by atoms with E-state index in [0.717, 1.165) is 18.8 Å². The third-order valence-corrected chi connectivity index (χ3v) is 3.14. The van der Waals surface area contributed by atoms with Crippen molar-refractivity contribution in [2.24, 2.45) is 5.84 Å². The highest BCUT2D eigenvalue weighted by Crippen LogP contribution is 2.23. The molecule has 0 spiro atoms. The van der Waals surface area contributed by atoms with Crippen LogP contribution in [0, 0.1) is 6.92 Å². The average molecular weight is 244 g/mol. The summed E-state index contributed by atoms with van der Waals surface area (Å²) in [7, 11) is 0. The molecule has 1 aromatic heterocycles. The number of aryl methyl sites for hydroxylation is 2. The molecular formula is C14H20N4. The van der Waals surface area contributed by atoms with Crippen molar-refractivity contribution in [2.45, 2.75) is 32.9 Å². The van der Waals surface area contributed by atoms with Crippen LogP contribution >= 0.6 is 0 Å². The minimum atomic E-state index is -0.0623. The van der Waals surface area contributed by atoms with Gasteiger partial charge in [-0.05, 0) is 24.5 Å². The first kappa shape index (κ1) is 12.8. The van der Waals surface area contributed by atoms with E-state index in [-0.39, 0.29) is 6.04 Å². The van der Waals surface area contributed by atoms with Crippen molar-refractivity contribution in [3.8, 4) is 0 Å². The van der Waals surface area contributed by atoms with Gasteiger partial charge in [0.15, 0.2) is 0 Å². The van der Waals surface area contributed by atoms with Gasteiger partial charge in [-0.1, -0.05) is 31.2 Å². The molecule has 96 valence electrons. The summed E-state index contributed by atoms with van der Waals surface area (Å²) in [4.78, 5) is 4.44. The molecule has 0 saturated heterocycles. The number of aromatic nitrogens is 2. The molecule has 3 N–H and O–H groups in total. The van der Waals surface area contributed by atoms with Gasteiger partial charge in [-0.3, -0.25) is 5.84 Å². The van der Waals surface area contributed by atoms with E-state index in [9.17, 15) is 0 Å². The van der Waals surface area contributed by atoms with Crippen LogP contribution in [0.15, 0.2) is 36.7 Å². The Balaban J connectivity index is 2.39. The summed E-state index contributed by atoms with van der Waals surface area (Å²) >= 11 is 0. The van der Waals surface area contributed by atoms with Crippen LogP contribution in [0.3, 0.4) is 0 Å². The molecule has 0 radical (unpaired) electrons. The lowest BCUT2D eigenvalue weighted by Crippen LogP contribution is -2.31. The van der Waals surface area contributed by atoms with E-state index < -0.39 is 0 Å². The van der Waals surface area contributed by atoms with Crippen molar-refractivity contribution < 1.29 is 0 Å². The maximum atomic E-state index is 5.73. The second kappa shape index (κ2) is 5.80. The smallest absolute Gasteiger partial charge is 0.131 e. The molecule has 0 amide bonds. The monoisotopic (exact) mass is 244 g/mol. The van der Waals surface area contributed by atoms with E-state index >= 15 is 0 Å². The quantitative estimate of drug-likeness (QED) is 0.626. The number of benzene rings is 1. The van der Waals surface area contributed by atoms with Crippen molar-refractivity contribution in [2.75, 3.05) is 0 Å². The Bertz CT molecular complexity index is 504. The van der Waals surface area contributed by atoms with Gasteiger partial charge in [-0.2, -0.15) is 0 Å².